The van der Waals surface area contributed by atoms with Gasteiger partial charge in [-0.2, -0.15) is 0 Å². The van der Waals surface area contributed by atoms with Gasteiger partial charge in [0.15, 0.2) is 5.82 Å². The molecule has 56 heavy (non-hydrogen) atoms. The maximum atomic E-state index is 5.14. The second-order valence-electron chi connectivity index (χ2n) is 14.2. The number of hydrogen-bond acceptors (Lipinski definition) is 2. The molecule has 4 heteroatoms. The molecule has 3 aromatic heterocycles. The van der Waals surface area contributed by atoms with Gasteiger partial charge in [-0.1, -0.05) is 146 Å². The molecule has 0 N–H and O–H groups in total. The molecule has 0 atom stereocenters. The quantitative estimate of drug-likeness (QED) is 0.172. The van der Waals surface area contributed by atoms with Crippen LogP contribution in [0.15, 0.2) is 206 Å². The molecule has 3 heterocycles. The van der Waals surface area contributed by atoms with Crippen LogP contribution in [0.3, 0.4) is 0 Å². The first kappa shape index (κ1) is 31.9. The van der Waals surface area contributed by atoms with Gasteiger partial charge in [0, 0.05) is 49.6 Å². The van der Waals surface area contributed by atoms with E-state index in [4.69, 9.17) is 9.97 Å². The van der Waals surface area contributed by atoms with Crippen molar-refractivity contribution in [2.45, 2.75) is 0 Å². The first-order valence-electron chi connectivity index (χ1n) is 19.0. The average Bonchev–Trinajstić information content (AvgIpc) is 3.78. The summed E-state index contributed by atoms with van der Waals surface area (Å²) in [5.74, 6) is 0.702. The first-order valence-corrected chi connectivity index (χ1v) is 19.0. The number of rotatable bonds is 6. The lowest BCUT2D eigenvalue weighted by molar-refractivity contribution is 1.17. The third-order valence-electron chi connectivity index (χ3n) is 10.9. The van der Waals surface area contributed by atoms with Gasteiger partial charge in [0.1, 0.15) is 0 Å². The Bertz CT molecular complexity index is 3220. The number of benzene rings is 8. The van der Waals surface area contributed by atoms with Crippen molar-refractivity contribution in [3.05, 3.63) is 206 Å². The topological polar surface area (TPSA) is 35.6 Å². The third kappa shape index (κ3) is 5.31. The van der Waals surface area contributed by atoms with Crippen molar-refractivity contribution >= 4 is 43.6 Å². The highest BCUT2D eigenvalue weighted by molar-refractivity contribution is 6.19. The Labute approximate surface area is 324 Å². The highest BCUT2D eigenvalue weighted by atomic mass is 15.0. The molecule has 0 aliphatic heterocycles. The molecule has 11 rings (SSSR count). The Morgan fingerprint density at radius 1 is 0.268 bits per heavy atom. The van der Waals surface area contributed by atoms with Crippen LogP contribution in [-0.4, -0.2) is 19.1 Å². The summed E-state index contributed by atoms with van der Waals surface area (Å²) in [5.41, 5.74) is 14.2. The summed E-state index contributed by atoms with van der Waals surface area (Å²) in [4.78, 5) is 10.3. The average molecular weight is 715 g/mol. The van der Waals surface area contributed by atoms with Gasteiger partial charge in [0.05, 0.1) is 33.5 Å². The maximum absolute atomic E-state index is 5.14. The second-order valence-corrected chi connectivity index (χ2v) is 14.2. The highest BCUT2D eigenvalue weighted by Gasteiger charge is 2.19. The molecule has 0 spiro atoms. The third-order valence-corrected chi connectivity index (χ3v) is 10.9. The van der Waals surface area contributed by atoms with E-state index in [0.717, 1.165) is 45.0 Å². The van der Waals surface area contributed by atoms with Gasteiger partial charge in [-0.05, 0) is 71.8 Å². The molecular weight excluding hydrogens is 681 g/mol. The van der Waals surface area contributed by atoms with Crippen molar-refractivity contribution in [1.29, 1.82) is 0 Å². The summed E-state index contributed by atoms with van der Waals surface area (Å²) in [6.07, 6.45) is 0. The number of aromatic nitrogens is 4. The van der Waals surface area contributed by atoms with Gasteiger partial charge < -0.3 is 9.13 Å². The van der Waals surface area contributed by atoms with E-state index in [2.05, 4.69) is 191 Å². The Morgan fingerprint density at radius 3 is 1.34 bits per heavy atom. The summed E-state index contributed by atoms with van der Waals surface area (Å²) in [6, 6.07) is 73.2. The maximum Gasteiger partial charge on any atom is 0.160 e. The fourth-order valence-electron chi connectivity index (χ4n) is 8.29. The first-order chi connectivity index (χ1) is 27.8. The van der Waals surface area contributed by atoms with E-state index in [1.165, 1.54) is 49.2 Å². The Hall–Kier alpha value is -7.56. The van der Waals surface area contributed by atoms with E-state index in [1.807, 2.05) is 24.3 Å². The zero-order valence-corrected chi connectivity index (χ0v) is 30.4. The van der Waals surface area contributed by atoms with E-state index in [-0.39, 0.29) is 0 Å². The Balaban J connectivity index is 1.06. The molecule has 0 saturated heterocycles. The van der Waals surface area contributed by atoms with Crippen LogP contribution in [0.5, 0.6) is 0 Å². The van der Waals surface area contributed by atoms with Crippen LogP contribution in [-0.2, 0) is 0 Å². The molecule has 0 unspecified atom stereocenters. The standard InChI is InChI=1S/C52H34N4/c1-4-15-35(16-5-1)38-19-14-20-39(31-38)47-34-46(53-52(54-47)37-17-6-2-7-18-37)36-27-29-41(30-28-36)56-49-26-13-11-24-43(49)45-32-50-44(33-51(45)56)42-23-10-12-25-48(42)55(50)40-21-8-3-9-22-40/h1-34H. The fourth-order valence-corrected chi connectivity index (χ4v) is 8.29. The molecular formula is C52H34N4. The molecule has 0 aliphatic carbocycles. The van der Waals surface area contributed by atoms with E-state index in [1.54, 1.807) is 0 Å². The minimum atomic E-state index is 0.702. The van der Waals surface area contributed by atoms with Crippen LogP contribution in [0.1, 0.15) is 0 Å². The second kappa shape index (κ2) is 13.1. The lowest BCUT2D eigenvalue weighted by Crippen LogP contribution is -1.97. The number of nitrogens with zero attached hydrogens (tertiary/aromatic N) is 4. The minimum Gasteiger partial charge on any atom is -0.309 e. The molecule has 8 aromatic carbocycles. The molecule has 0 fully saturated rings. The van der Waals surface area contributed by atoms with Crippen molar-refractivity contribution in [2.75, 3.05) is 0 Å². The number of para-hydroxylation sites is 3. The van der Waals surface area contributed by atoms with E-state index in [0.29, 0.717) is 5.82 Å². The molecule has 11 aromatic rings. The summed E-state index contributed by atoms with van der Waals surface area (Å²) in [7, 11) is 0. The molecule has 262 valence electrons. The normalized spacial score (nSPS) is 11.6. The van der Waals surface area contributed by atoms with Crippen molar-refractivity contribution in [3.8, 4) is 56.4 Å². The minimum absolute atomic E-state index is 0.702. The van der Waals surface area contributed by atoms with Crippen LogP contribution >= 0.6 is 0 Å². The van der Waals surface area contributed by atoms with Crippen LogP contribution in [0.2, 0.25) is 0 Å². The fraction of sp³-hybridized carbons (Fsp3) is 0. The van der Waals surface area contributed by atoms with Gasteiger partial charge >= 0.3 is 0 Å². The van der Waals surface area contributed by atoms with Crippen LogP contribution in [0.4, 0.5) is 0 Å². The Morgan fingerprint density at radius 2 is 0.732 bits per heavy atom. The van der Waals surface area contributed by atoms with E-state index >= 15 is 0 Å². The Kier molecular flexibility index (Phi) is 7.46. The van der Waals surface area contributed by atoms with Crippen molar-refractivity contribution in [3.63, 3.8) is 0 Å². The molecule has 4 nitrogen and oxygen atoms in total. The van der Waals surface area contributed by atoms with Crippen LogP contribution in [0, 0.1) is 0 Å². The molecule has 0 amide bonds. The zero-order chi connectivity index (χ0) is 37.0. The molecule has 0 saturated carbocycles. The van der Waals surface area contributed by atoms with E-state index in [9.17, 15) is 0 Å². The van der Waals surface area contributed by atoms with Crippen LogP contribution < -0.4 is 0 Å². The van der Waals surface area contributed by atoms with Crippen molar-refractivity contribution in [2.24, 2.45) is 0 Å². The predicted molar refractivity (Wildman–Crippen MR) is 232 cm³/mol. The zero-order valence-electron chi connectivity index (χ0n) is 30.4. The van der Waals surface area contributed by atoms with Crippen molar-refractivity contribution in [1.82, 2.24) is 19.1 Å². The van der Waals surface area contributed by atoms with Gasteiger partial charge in [0.2, 0.25) is 0 Å². The summed E-state index contributed by atoms with van der Waals surface area (Å²) in [6.45, 7) is 0. The van der Waals surface area contributed by atoms with E-state index < -0.39 is 0 Å². The van der Waals surface area contributed by atoms with Crippen molar-refractivity contribution < 1.29 is 0 Å². The predicted octanol–water partition coefficient (Wildman–Crippen LogP) is 13.3. The lowest BCUT2D eigenvalue weighted by atomic mass is 10.0. The monoisotopic (exact) mass is 714 g/mol. The van der Waals surface area contributed by atoms with Gasteiger partial charge in [-0.25, -0.2) is 9.97 Å². The summed E-state index contributed by atoms with van der Waals surface area (Å²) < 4.78 is 4.79. The summed E-state index contributed by atoms with van der Waals surface area (Å²) >= 11 is 0. The summed E-state index contributed by atoms with van der Waals surface area (Å²) in [5, 5.41) is 4.92. The molecule has 0 radical (unpaired) electrons. The number of hydrogen-bond donors (Lipinski definition) is 0. The SMILES string of the molecule is c1ccc(-c2cccc(-c3cc(-c4ccc(-n5c6ccccc6c6cc7c(cc65)c5ccccc5n7-c5ccccc5)cc4)nc(-c4ccccc4)n3)c2)cc1. The van der Waals surface area contributed by atoms with Gasteiger partial charge in [0.25, 0.3) is 0 Å². The molecule has 0 aliphatic rings. The molecule has 0 bridgehead atoms. The largest absolute Gasteiger partial charge is 0.309 e. The van der Waals surface area contributed by atoms with Gasteiger partial charge in [-0.15, -0.1) is 0 Å². The smallest absolute Gasteiger partial charge is 0.160 e. The lowest BCUT2D eigenvalue weighted by Gasteiger charge is -2.12. The van der Waals surface area contributed by atoms with Gasteiger partial charge in [-0.3, -0.25) is 0 Å². The van der Waals surface area contributed by atoms with Crippen LogP contribution in [0.25, 0.3) is 100 Å². The number of fused-ring (bicyclic) bond motifs is 6. The highest BCUT2D eigenvalue weighted by Crippen LogP contribution is 2.40.